The average Bonchev–Trinajstić information content (AvgIpc) is 1.89. The van der Waals surface area contributed by atoms with Crippen molar-refractivity contribution < 1.29 is 17.0 Å². The maximum Gasteiger partial charge on any atom is -1.00 e. The third-order valence-electron chi connectivity index (χ3n) is 1.25. The number of benzene rings is 1. The van der Waals surface area contributed by atoms with Gasteiger partial charge in [-0.05, 0) is 0 Å². The Morgan fingerprint density at radius 2 is 1.90 bits per heavy atom. The Balaban J connectivity index is 0.000000810. The van der Waals surface area contributed by atoms with Crippen LogP contribution in [0, 0.1) is 6.92 Å². The van der Waals surface area contributed by atoms with Gasteiger partial charge in [0.25, 0.3) is 0 Å². The van der Waals surface area contributed by atoms with Gasteiger partial charge in [-0.15, -0.1) is 0 Å². The van der Waals surface area contributed by atoms with Crippen molar-refractivity contribution in [2.45, 2.75) is 6.92 Å². The maximum atomic E-state index is 2.24. The monoisotopic (exact) mass is 324 g/mol. The molecule has 0 saturated heterocycles. The molecule has 50 valence electrons. The number of hydrogen-bond donors (Lipinski definition) is 0. The Labute approximate surface area is 91.4 Å². The molecule has 0 bridgehead atoms. The second-order valence-electron chi connectivity index (χ2n) is 1.91. The molecule has 0 radical (unpaired) electrons. The van der Waals surface area contributed by atoms with Gasteiger partial charge in [0, 0.05) is 0 Å². The van der Waals surface area contributed by atoms with Crippen molar-refractivity contribution in [3.63, 3.8) is 0 Å². The molecule has 0 aliphatic rings. The van der Waals surface area contributed by atoms with Crippen LogP contribution >= 0.6 is 0 Å². The molecule has 0 fully saturated rings. The molecule has 0 aromatic heterocycles. The van der Waals surface area contributed by atoms with Crippen LogP contribution in [0.4, 0.5) is 0 Å². The minimum absolute atomic E-state index is 0. The van der Waals surface area contributed by atoms with E-state index in [-0.39, 0.29) is 34.2 Å². The molecule has 1 rings (SSSR count). The van der Waals surface area contributed by atoms with Crippen LogP contribution in [-0.2, 0) is 0 Å². The number of hydrogen-bond acceptors (Lipinski definition) is 0. The molecule has 0 N–H and O–H groups in total. The smallest absolute Gasteiger partial charge is 1.00 e. The predicted octanol–water partition coefficient (Wildman–Crippen LogP) is -2.59. The predicted molar refractivity (Wildman–Crippen MR) is 42.3 cm³/mol. The summed E-state index contributed by atoms with van der Waals surface area (Å²) in [5, 5.41) is 0. The molecular weight excluding hydrogens is 316 g/mol. The molecule has 0 spiro atoms. The maximum absolute atomic E-state index is 2.24. The first kappa shape index (κ1) is 11.3. The van der Waals surface area contributed by atoms with Gasteiger partial charge in [-0.2, -0.15) is 0 Å². The molecule has 0 heterocycles. The molecule has 0 amide bonds. The number of halogens is 1. The van der Waals surface area contributed by atoms with E-state index in [1.807, 2.05) is 0 Å². The van der Waals surface area contributed by atoms with Gasteiger partial charge in [0.1, 0.15) is 0 Å². The van der Waals surface area contributed by atoms with Gasteiger partial charge in [-0.3, -0.25) is 0 Å². The fourth-order valence-electron chi connectivity index (χ4n) is 0.718. The zero-order chi connectivity index (χ0) is 6.69. The summed E-state index contributed by atoms with van der Waals surface area (Å²) >= 11 is 2.29. The van der Waals surface area contributed by atoms with Gasteiger partial charge >= 0.3 is 75.5 Å². The SMILES string of the molecule is Cc1ccccc1[Te][Mg+].[Br-]. The summed E-state index contributed by atoms with van der Waals surface area (Å²) in [7, 11) is 0. The van der Waals surface area contributed by atoms with Crippen LogP contribution in [0.5, 0.6) is 0 Å². The zero-order valence-corrected chi connectivity index (χ0v) is 11.1. The van der Waals surface area contributed by atoms with E-state index < -0.39 is 0 Å². The average molecular weight is 323 g/mol. The largest absolute Gasteiger partial charge is 1.00 e. The van der Waals surface area contributed by atoms with Crippen LogP contribution in [0.2, 0.25) is 0 Å². The number of aryl methyl sites for hydroxylation is 1. The van der Waals surface area contributed by atoms with Gasteiger partial charge in [-0.1, -0.05) is 0 Å². The first-order valence-electron chi connectivity index (χ1n) is 2.82. The number of rotatable bonds is 1. The molecule has 0 atom stereocenters. The fourth-order valence-corrected chi connectivity index (χ4v) is 4.23. The van der Waals surface area contributed by atoms with Crippen molar-refractivity contribution in [1.29, 1.82) is 0 Å². The standard InChI is InChI=1S/C7H8Te.BrH.Mg/c1-6-4-2-3-5-7(6)8;;/h2-5,8H,1H3;1H;/q;;+2/p-2. The summed E-state index contributed by atoms with van der Waals surface area (Å²) in [6, 6.07) is 8.66. The molecule has 0 nitrogen and oxygen atoms in total. The summed E-state index contributed by atoms with van der Waals surface area (Å²) in [6.07, 6.45) is 0. The second kappa shape index (κ2) is 5.85. The van der Waals surface area contributed by atoms with Crippen LogP contribution in [0.15, 0.2) is 24.3 Å². The van der Waals surface area contributed by atoms with Gasteiger partial charge in [0.05, 0.1) is 0 Å². The minimum Gasteiger partial charge on any atom is -1.00 e. The molecule has 3 heteroatoms. The van der Waals surface area contributed by atoms with Crippen molar-refractivity contribution in [3.05, 3.63) is 29.8 Å². The van der Waals surface area contributed by atoms with E-state index in [0.717, 1.165) is 0 Å². The van der Waals surface area contributed by atoms with Crippen molar-refractivity contribution in [1.82, 2.24) is 0 Å². The molecule has 0 saturated carbocycles. The van der Waals surface area contributed by atoms with E-state index in [4.69, 9.17) is 0 Å². The third kappa shape index (κ3) is 3.10. The van der Waals surface area contributed by atoms with Crippen molar-refractivity contribution in [3.8, 4) is 0 Å². The van der Waals surface area contributed by atoms with Gasteiger partial charge in [-0.25, -0.2) is 0 Å². The molecule has 1 aromatic carbocycles. The Bertz CT molecular complexity index is 203. The first-order chi connectivity index (χ1) is 4.34. The summed E-state index contributed by atoms with van der Waals surface area (Å²) in [5.74, 6) is 0. The Hall–Kier alpha value is 1.26. The first-order valence-corrected chi connectivity index (χ1v) is 9.51. The van der Waals surface area contributed by atoms with Crippen molar-refractivity contribution >= 4 is 38.7 Å². The van der Waals surface area contributed by atoms with Crippen molar-refractivity contribution in [2.24, 2.45) is 0 Å². The summed E-state index contributed by atoms with van der Waals surface area (Å²) in [4.78, 5) is 0. The van der Waals surface area contributed by atoms with Crippen LogP contribution < -0.4 is 20.6 Å². The Morgan fingerprint density at radius 3 is 2.30 bits per heavy atom. The summed E-state index contributed by atoms with van der Waals surface area (Å²) in [5.41, 5.74) is 1.47. The molecule has 10 heavy (non-hydrogen) atoms. The molecule has 1 aromatic rings. The van der Waals surface area contributed by atoms with E-state index in [0.29, 0.717) is 0 Å². The summed E-state index contributed by atoms with van der Waals surface area (Å²) < 4.78 is 1.60. The fraction of sp³-hybridized carbons (Fsp3) is 0.143. The molecule has 0 unspecified atom stereocenters. The third-order valence-corrected chi connectivity index (χ3v) is 5.53. The Morgan fingerprint density at radius 1 is 1.30 bits per heavy atom. The second-order valence-corrected chi connectivity index (χ2v) is 5.93. The van der Waals surface area contributed by atoms with Crippen LogP contribution in [0.1, 0.15) is 5.56 Å². The van der Waals surface area contributed by atoms with Crippen molar-refractivity contribution in [2.75, 3.05) is 0 Å². The van der Waals surface area contributed by atoms with E-state index in [9.17, 15) is 0 Å². The van der Waals surface area contributed by atoms with E-state index >= 15 is 0 Å². The van der Waals surface area contributed by atoms with Gasteiger partial charge in [0.2, 0.25) is 0 Å². The van der Waals surface area contributed by atoms with E-state index in [1.54, 1.807) is 3.61 Å². The van der Waals surface area contributed by atoms with Gasteiger partial charge < -0.3 is 17.0 Å². The normalized spacial score (nSPS) is 8.70. The van der Waals surface area contributed by atoms with Crippen LogP contribution in [0.25, 0.3) is 0 Å². The zero-order valence-electron chi connectivity index (χ0n) is 5.80. The van der Waals surface area contributed by atoms with E-state index in [2.05, 4.69) is 49.1 Å². The van der Waals surface area contributed by atoms with E-state index in [1.165, 1.54) is 5.56 Å². The molecular formula is C7H7BrMgTe. The quantitative estimate of drug-likeness (QED) is 0.498. The topological polar surface area (TPSA) is 0 Å². The molecule has 0 aliphatic heterocycles. The van der Waals surface area contributed by atoms with Crippen LogP contribution in [-0.4, -0.2) is 35.1 Å². The minimum atomic E-state index is 0. The summed E-state index contributed by atoms with van der Waals surface area (Å²) in [6.45, 7) is 2.19. The van der Waals surface area contributed by atoms with Crippen LogP contribution in [0.3, 0.4) is 0 Å². The Kier molecular flexibility index (Phi) is 6.58. The molecule has 0 aliphatic carbocycles. The van der Waals surface area contributed by atoms with Gasteiger partial charge in [0.15, 0.2) is 0 Å².